The van der Waals surface area contributed by atoms with Crippen LogP contribution >= 0.6 is 0 Å². The molecule has 0 fully saturated rings. The number of benzene rings is 1. The fourth-order valence-corrected chi connectivity index (χ4v) is 1.89. The third-order valence-corrected chi connectivity index (χ3v) is 2.56. The van der Waals surface area contributed by atoms with E-state index < -0.39 is 0 Å². The average molecular weight is 204 g/mol. The highest BCUT2D eigenvalue weighted by atomic mass is 16.3. The number of rotatable bonds is 3. The van der Waals surface area contributed by atoms with Gasteiger partial charge in [-0.15, -0.1) is 4.91 Å². The maximum Gasteiger partial charge on any atom is 0.0782 e. The lowest BCUT2D eigenvalue weighted by Gasteiger charge is -1.98. The molecule has 1 aromatic carbocycles. The van der Waals surface area contributed by atoms with E-state index in [-0.39, 0.29) is 6.61 Å². The summed E-state index contributed by atoms with van der Waals surface area (Å²) >= 11 is 0. The summed E-state index contributed by atoms with van der Waals surface area (Å²) in [6.45, 7) is 2.01. The lowest BCUT2D eigenvalue weighted by Crippen LogP contribution is -1.88. The van der Waals surface area contributed by atoms with Crippen molar-refractivity contribution in [2.24, 2.45) is 5.29 Å². The van der Waals surface area contributed by atoms with Gasteiger partial charge in [-0.1, -0.05) is 18.2 Å². The second kappa shape index (κ2) is 3.82. The number of hydrogen-bond donors (Lipinski definition) is 1. The van der Waals surface area contributed by atoms with Crippen LogP contribution in [0, 0.1) is 11.8 Å². The number of aliphatic hydroxyl groups is 1. The summed E-state index contributed by atoms with van der Waals surface area (Å²) in [6.07, 6.45) is 2.23. The molecule has 0 aliphatic heterocycles. The fraction of sp³-hybridized carbons (Fsp3) is 0.273. The van der Waals surface area contributed by atoms with Crippen molar-refractivity contribution in [3.63, 3.8) is 0 Å². The van der Waals surface area contributed by atoms with Crippen LogP contribution in [0.4, 0.5) is 0 Å². The predicted octanol–water partition coefficient (Wildman–Crippen LogP) is 2.01. The molecule has 2 rings (SSSR count). The molecule has 0 spiro atoms. The molecule has 15 heavy (non-hydrogen) atoms. The van der Waals surface area contributed by atoms with E-state index >= 15 is 0 Å². The highest BCUT2D eigenvalue weighted by molar-refractivity contribution is 5.86. The van der Waals surface area contributed by atoms with Crippen molar-refractivity contribution in [3.8, 4) is 0 Å². The van der Waals surface area contributed by atoms with Crippen molar-refractivity contribution in [1.82, 2.24) is 4.68 Å². The Morgan fingerprint density at radius 3 is 2.93 bits per heavy atom. The molecule has 0 aliphatic carbocycles. The smallest absolute Gasteiger partial charge is 0.0782 e. The molecule has 0 unspecified atom stereocenters. The number of aryl methyl sites for hydroxylation is 1. The molecular weight excluding hydrogens is 192 g/mol. The molecule has 1 heterocycles. The molecule has 1 aromatic heterocycles. The Morgan fingerprint density at radius 2 is 2.27 bits per heavy atom. The Kier molecular flexibility index (Phi) is 2.51. The average Bonchev–Trinajstić information content (AvgIpc) is 2.59. The first-order valence-corrected chi connectivity index (χ1v) is 4.82. The molecule has 4 nitrogen and oxygen atoms in total. The second-order valence-electron chi connectivity index (χ2n) is 3.53. The summed E-state index contributed by atoms with van der Waals surface area (Å²) in [5.74, 6) is 0. The van der Waals surface area contributed by atoms with Crippen LogP contribution in [0.5, 0.6) is 0 Å². The molecule has 0 saturated heterocycles. The van der Waals surface area contributed by atoms with Crippen LogP contribution in [0.1, 0.15) is 11.1 Å². The monoisotopic (exact) mass is 204 g/mol. The second-order valence-corrected chi connectivity index (χ2v) is 3.53. The first kappa shape index (κ1) is 9.86. The number of nitroso groups, excluding NO2 is 1. The van der Waals surface area contributed by atoms with Gasteiger partial charge in [0.25, 0.3) is 0 Å². The van der Waals surface area contributed by atoms with E-state index in [1.54, 1.807) is 6.20 Å². The van der Waals surface area contributed by atoms with Crippen molar-refractivity contribution in [3.05, 3.63) is 40.4 Å². The summed E-state index contributed by atoms with van der Waals surface area (Å²) in [5.41, 5.74) is 2.79. The van der Waals surface area contributed by atoms with Crippen LogP contribution < -0.4 is 0 Å². The zero-order valence-electron chi connectivity index (χ0n) is 8.47. The lowest BCUT2D eigenvalue weighted by molar-refractivity contribution is 0.300. The van der Waals surface area contributed by atoms with Gasteiger partial charge in [-0.2, -0.15) is 0 Å². The van der Waals surface area contributed by atoms with Gasteiger partial charge in [0, 0.05) is 18.2 Å². The summed E-state index contributed by atoms with van der Waals surface area (Å²) in [7, 11) is 0. The molecule has 0 radical (unpaired) electrons. The minimum atomic E-state index is 0.0753. The van der Waals surface area contributed by atoms with E-state index in [4.69, 9.17) is 5.11 Å². The summed E-state index contributed by atoms with van der Waals surface area (Å²) in [5, 5.41) is 12.8. The van der Waals surface area contributed by atoms with Gasteiger partial charge in [0.1, 0.15) is 0 Å². The topological polar surface area (TPSA) is 54.6 Å². The highest BCUT2D eigenvalue weighted by Crippen LogP contribution is 2.24. The van der Waals surface area contributed by atoms with Crippen LogP contribution in [0.25, 0.3) is 10.9 Å². The maximum absolute atomic E-state index is 10.6. The molecular formula is C11H12N2O2. The van der Waals surface area contributed by atoms with Gasteiger partial charge in [0.2, 0.25) is 0 Å². The predicted molar refractivity (Wildman–Crippen MR) is 58.7 cm³/mol. The van der Waals surface area contributed by atoms with E-state index in [9.17, 15) is 4.91 Å². The third-order valence-electron chi connectivity index (χ3n) is 2.56. The van der Waals surface area contributed by atoms with Crippen LogP contribution in [-0.2, 0) is 6.42 Å². The molecule has 0 atom stereocenters. The number of fused-ring (bicyclic) bond motifs is 1. The minimum Gasteiger partial charge on any atom is -0.396 e. The van der Waals surface area contributed by atoms with Crippen LogP contribution in [-0.4, -0.2) is 16.4 Å². The Balaban J connectivity index is 2.75. The Labute approximate surface area is 87.1 Å². The van der Waals surface area contributed by atoms with Gasteiger partial charge in [-0.05, 0) is 24.5 Å². The van der Waals surface area contributed by atoms with E-state index in [0.717, 1.165) is 22.0 Å². The molecule has 4 heteroatoms. The van der Waals surface area contributed by atoms with Crippen molar-refractivity contribution in [1.29, 1.82) is 0 Å². The van der Waals surface area contributed by atoms with Crippen LogP contribution in [0.15, 0.2) is 29.7 Å². The van der Waals surface area contributed by atoms with Gasteiger partial charge in [0.15, 0.2) is 0 Å². The standard InChI is InChI=1S/C11H12N2O2/c1-8-3-2-4-10-9(5-6-14)7-13(12-15)11(8)10/h2-4,7,14H,5-6H2,1H3. The Bertz CT molecular complexity index is 503. The summed E-state index contributed by atoms with van der Waals surface area (Å²) in [4.78, 5) is 10.6. The van der Waals surface area contributed by atoms with Gasteiger partial charge < -0.3 is 5.11 Å². The van der Waals surface area contributed by atoms with E-state index in [1.807, 2.05) is 25.1 Å². The van der Waals surface area contributed by atoms with Gasteiger partial charge in [-0.3, -0.25) is 0 Å². The van der Waals surface area contributed by atoms with Crippen molar-refractivity contribution in [2.45, 2.75) is 13.3 Å². The molecule has 0 aliphatic rings. The highest BCUT2D eigenvalue weighted by Gasteiger charge is 2.09. The number of aromatic nitrogens is 1. The minimum absolute atomic E-state index is 0.0753. The molecule has 78 valence electrons. The normalized spacial score (nSPS) is 10.8. The van der Waals surface area contributed by atoms with Gasteiger partial charge >= 0.3 is 0 Å². The molecule has 0 bridgehead atoms. The van der Waals surface area contributed by atoms with Crippen LogP contribution in [0.3, 0.4) is 0 Å². The Morgan fingerprint density at radius 1 is 1.47 bits per heavy atom. The van der Waals surface area contributed by atoms with Gasteiger partial charge in [-0.25, -0.2) is 4.68 Å². The zero-order valence-corrected chi connectivity index (χ0v) is 8.47. The maximum atomic E-state index is 10.6. The van der Waals surface area contributed by atoms with Crippen molar-refractivity contribution in [2.75, 3.05) is 6.61 Å². The lowest BCUT2D eigenvalue weighted by atomic mass is 10.1. The first-order valence-electron chi connectivity index (χ1n) is 4.82. The molecule has 1 N–H and O–H groups in total. The van der Waals surface area contributed by atoms with Crippen molar-refractivity contribution >= 4 is 10.9 Å². The van der Waals surface area contributed by atoms with Crippen LogP contribution in [0.2, 0.25) is 0 Å². The summed E-state index contributed by atoms with van der Waals surface area (Å²) < 4.78 is 1.33. The third kappa shape index (κ3) is 1.53. The largest absolute Gasteiger partial charge is 0.396 e. The SMILES string of the molecule is Cc1cccc2c(CCO)cn(N=O)c12. The fourth-order valence-electron chi connectivity index (χ4n) is 1.89. The number of para-hydroxylation sites is 1. The van der Waals surface area contributed by atoms with E-state index in [2.05, 4.69) is 5.29 Å². The number of nitrogens with zero attached hydrogens (tertiary/aromatic N) is 2. The zero-order chi connectivity index (χ0) is 10.8. The molecule has 2 aromatic rings. The van der Waals surface area contributed by atoms with E-state index in [0.29, 0.717) is 6.42 Å². The number of hydrogen-bond acceptors (Lipinski definition) is 3. The molecule has 0 saturated carbocycles. The Hall–Kier alpha value is -1.68. The van der Waals surface area contributed by atoms with E-state index in [1.165, 1.54) is 4.68 Å². The summed E-state index contributed by atoms with van der Waals surface area (Å²) in [6, 6.07) is 5.81. The van der Waals surface area contributed by atoms with Crippen molar-refractivity contribution < 1.29 is 5.11 Å². The quantitative estimate of drug-likeness (QED) is 0.777. The van der Waals surface area contributed by atoms with Gasteiger partial charge in [0.05, 0.1) is 10.8 Å². The first-order chi connectivity index (χ1) is 7.27. The molecule has 0 amide bonds. The number of aliphatic hydroxyl groups excluding tert-OH is 1.